The second-order valence-electron chi connectivity index (χ2n) is 4.80. The van der Waals surface area contributed by atoms with Crippen LogP contribution in [0.3, 0.4) is 0 Å². The van der Waals surface area contributed by atoms with Gasteiger partial charge in [-0.15, -0.1) is 11.3 Å². The van der Waals surface area contributed by atoms with Crippen molar-refractivity contribution in [2.75, 3.05) is 19.6 Å². The zero-order chi connectivity index (χ0) is 11.7. The van der Waals surface area contributed by atoms with E-state index in [1.807, 2.05) is 0 Å². The maximum Gasteiger partial charge on any atom is 0.193 e. The first-order valence-corrected chi connectivity index (χ1v) is 7.06. The third kappa shape index (κ3) is 2.36. The van der Waals surface area contributed by atoms with Crippen LogP contribution in [0.1, 0.15) is 18.5 Å². The molecule has 92 valence electrons. The average molecular weight is 250 g/mol. The van der Waals surface area contributed by atoms with Gasteiger partial charge in [-0.3, -0.25) is 9.30 Å². The van der Waals surface area contributed by atoms with Crippen molar-refractivity contribution in [3.05, 3.63) is 23.5 Å². The fourth-order valence-electron chi connectivity index (χ4n) is 2.57. The summed E-state index contributed by atoms with van der Waals surface area (Å²) in [5, 5.41) is 2.07. The van der Waals surface area contributed by atoms with E-state index in [2.05, 4.69) is 32.1 Å². The van der Waals surface area contributed by atoms with Gasteiger partial charge >= 0.3 is 0 Å². The first-order valence-electron chi connectivity index (χ1n) is 6.18. The van der Waals surface area contributed by atoms with Crippen molar-refractivity contribution in [1.29, 1.82) is 0 Å². The topological polar surface area (TPSA) is 46.6 Å². The summed E-state index contributed by atoms with van der Waals surface area (Å²) < 4.78 is 2.10. The quantitative estimate of drug-likeness (QED) is 0.899. The monoisotopic (exact) mass is 250 g/mol. The number of nitrogens with two attached hydrogens (primary N) is 1. The summed E-state index contributed by atoms with van der Waals surface area (Å²) in [6, 6.07) is 0. The van der Waals surface area contributed by atoms with Crippen LogP contribution in [0.25, 0.3) is 4.96 Å². The molecule has 1 fully saturated rings. The van der Waals surface area contributed by atoms with Crippen LogP contribution >= 0.6 is 11.3 Å². The summed E-state index contributed by atoms with van der Waals surface area (Å²) in [6.07, 6.45) is 6.75. The van der Waals surface area contributed by atoms with Gasteiger partial charge in [0, 0.05) is 30.9 Å². The van der Waals surface area contributed by atoms with E-state index in [0.29, 0.717) is 5.92 Å². The molecule has 4 nitrogen and oxygen atoms in total. The molecule has 3 heterocycles. The molecule has 5 heteroatoms. The Balaban J connectivity index is 1.68. The number of fused-ring (bicyclic) bond motifs is 1. The minimum Gasteiger partial charge on any atom is -0.330 e. The van der Waals surface area contributed by atoms with Crippen molar-refractivity contribution >= 4 is 16.3 Å². The molecule has 1 unspecified atom stereocenters. The van der Waals surface area contributed by atoms with Gasteiger partial charge in [-0.2, -0.15) is 0 Å². The van der Waals surface area contributed by atoms with Crippen LogP contribution in [0.4, 0.5) is 0 Å². The molecule has 0 aromatic carbocycles. The van der Waals surface area contributed by atoms with Crippen LogP contribution in [0.15, 0.2) is 17.8 Å². The molecule has 0 aliphatic carbocycles. The molecule has 17 heavy (non-hydrogen) atoms. The Morgan fingerprint density at radius 1 is 1.53 bits per heavy atom. The predicted octanol–water partition coefficient (Wildman–Crippen LogP) is 1.57. The van der Waals surface area contributed by atoms with Gasteiger partial charge in [0.05, 0.1) is 5.69 Å². The lowest BCUT2D eigenvalue weighted by Gasteiger charge is -2.31. The molecule has 2 aromatic rings. The van der Waals surface area contributed by atoms with Gasteiger partial charge in [-0.1, -0.05) is 0 Å². The Morgan fingerprint density at radius 2 is 2.47 bits per heavy atom. The van der Waals surface area contributed by atoms with E-state index in [4.69, 9.17) is 5.73 Å². The van der Waals surface area contributed by atoms with Crippen molar-refractivity contribution in [3.8, 4) is 0 Å². The lowest BCUT2D eigenvalue weighted by Crippen LogP contribution is -2.37. The third-order valence-corrected chi connectivity index (χ3v) is 4.24. The molecular formula is C12H18N4S. The molecule has 0 saturated carbocycles. The first kappa shape index (κ1) is 11.2. The SMILES string of the molecule is NCC1CCCN(Cc2cn3ccsc3n2)C1. The molecule has 1 aliphatic heterocycles. The number of thiazole rings is 1. The molecule has 3 rings (SSSR count). The van der Waals surface area contributed by atoms with Gasteiger partial charge in [0.1, 0.15) is 0 Å². The Bertz CT molecular complexity index is 461. The van der Waals surface area contributed by atoms with Gasteiger partial charge in [0.2, 0.25) is 0 Å². The molecule has 0 bridgehead atoms. The number of hydrogen-bond acceptors (Lipinski definition) is 4. The minimum absolute atomic E-state index is 0.674. The minimum atomic E-state index is 0.674. The molecule has 2 N–H and O–H groups in total. The fraction of sp³-hybridized carbons (Fsp3) is 0.583. The van der Waals surface area contributed by atoms with Crippen LogP contribution in [-0.2, 0) is 6.54 Å². The molecule has 0 spiro atoms. The van der Waals surface area contributed by atoms with E-state index in [-0.39, 0.29) is 0 Å². The second-order valence-corrected chi connectivity index (χ2v) is 5.68. The summed E-state index contributed by atoms with van der Waals surface area (Å²) in [5.41, 5.74) is 6.93. The fourth-order valence-corrected chi connectivity index (χ4v) is 3.29. The second kappa shape index (κ2) is 4.76. The molecule has 1 aliphatic rings. The summed E-state index contributed by atoms with van der Waals surface area (Å²) in [6.45, 7) is 4.09. The number of imidazole rings is 1. The summed E-state index contributed by atoms with van der Waals surface area (Å²) >= 11 is 1.69. The summed E-state index contributed by atoms with van der Waals surface area (Å²) in [7, 11) is 0. The number of hydrogen-bond donors (Lipinski definition) is 1. The highest BCUT2D eigenvalue weighted by Gasteiger charge is 2.19. The summed E-state index contributed by atoms with van der Waals surface area (Å²) in [4.78, 5) is 8.20. The average Bonchev–Trinajstić information content (AvgIpc) is 2.90. The van der Waals surface area contributed by atoms with Crippen molar-refractivity contribution in [1.82, 2.24) is 14.3 Å². The van der Waals surface area contributed by atoms with E-state index in [0.717, 1.165) is 24.6 Å². The zero-order valence-corrected chi connectivity index (χ0v) is 10.7. The Morgan fingerprint density at radius 3 is 3.29 bits per heavy atom. The normalized spacial score (nSPS) is 22.3. The standard InChI is InChI=1S/C12H18N4S/c13-6-10-2-1-3-15(7-10)8-11-9-16-4-5-17-12(16)14-11/h4-5,9-10H,1-3,6-8,13H2. The van der Waals surface area contributed by atoms with E-state index >= 15 is 0 Å². The number of aromatic nitrogens is 2. The maximum absolute atomic E-state index is 5.76. The van der Waals surface area contributed by atoms with Crippen LogP contribution in [-0.4, -0.2) is 33.9 Å². The Kier molecular flexibility index (Phi) is 3.13. The number of piperidine rings is 1. The Hall–Kier alpha value is -0.910. The van der Waals surface area contributed by atoms with E-state index in [1.54, 1.807) is 11.3 Å². The third-order valence-electron chi connectivity index (χ3n) is 3.47. The van der Waals surface area contributed by atoms with Crippen molar-refractivity contribution in [3.63, 3.8) is 0 Å². The van der Waals surface area contributed by atoms with Crippen LogP contribution in [0.2, 0.25) is 0 Å². The number of rotatable bonds is 3. The van der Waals surface area contributed by atoms with E-state index < -0.39 is 0 Å². The van der Waals surface area contributed by atoms with Crippen molar-refractivity contribution in [2.24, 2.45) is 11.7 Å². The van der Waals surface area contributed by atoms with Crippen LogP contribution in [0.5, 0.6) is 0 Å². The molecule has 1 saturated heterocycles. The van der Waals surface area contributed by atoms with Gasteiger partial charge in [-0.25, -0.2) is 4.98 Å². The number of nitrogens with zero attached hydrogens (tertiary/aromatic N) is 3. The van der Waals surface area contributed by atoms with Gasteiger partial charge in [0.15, 0.2) is 4.96 Å². The van der Waals surface area contributed by atoms with Gasteiger partial charge < -0.3 is 5.73 Å². The molecule has 2 aromatic heterocycles. The molecule has 1 atom stereocenters. The van der Waals surface area contributed by atoms with E-state index in [1.165, 1.54) is 25.1 Å². The van der Waals surface area contributed by atoms with Crippen molar-refractivity contribution in [2.45, 2.75) is 19.4 Å². The summed E-state index contributed by atoms with van der Waals surface area (Å²) in [5.74, 6) is 0.674. The van der Waals surface area contributed by atoms with Gasteiger partial charge in [0.25, 0.3) is 0 Å². The van der Waals surface area contributed by atoms with Gasteiger partial charge in [-0.05, 0) is 31.8 Å². The molecule has 0 amide bonds. The smallest absolute Gasteiger partial charge is 0.193 e. The zero-order valence-electron chi connectivity index (χ0n) is 9.88. The van der Waals surface area contributed by atoms with Crippen LogP contribution < -0.4 is 5.73 Å². The van der Waals surface area contributed by atoms with Crippen LogP contribution in [0, 0.1) is 5.92 Å². The molecule has 0 radical (unpaired) electrons. The highest BCUT2D eigenvalue weighted by Crippen LogP contribution is 2.18. The highest BCUT2D eigenvalue weighted by molar-refractivity contribution is 7.15. The molecular weight excluding hydrogens is 232 g/mol. The number of likely N-dealkylation sites (tertiary alicyclic amines) is 1. The highest BCUT2D eigenvalue weighted by atomic mass is 32.1. The first-order chi connectivity index (χ1) is 8.35. The lowest BCUT2D eigenvalue weighted by atomic mass is 9.98. The van der Waals surface area contributed by atoms with E-state index in [9.17, 15) is 0 Å². The largest absolute Gasteiger partial charge is 0.330 e. The predicted molar refractivity (Wildman–Crippen MR) is 70.1 cm³/mol. The maximum atomic E-state index is 5.76. The Labute approximate surface area is 105 Å². The lowest BCUT2D eigenvalue weighted by molar-refractivity contribution is 0.169. The van der Waals surface area contributed by atoms with Crippen molar-refractivity contribution < 1.29 is 0 Å².